The van der Waals surface area contributed by atoms with Crippen LogP contribution < -0.4 is 4.90 Å². The van der Waals surface area contributed by atoms with E-state index < -0.39 is 0 Å². The summed E-state index contributed by atoms with van der Waals surface area (Å²) in [5.74, 6) is -0.0625. The number of para-hydroxylation sites is 1. The Labute approximate surface area is 145 Å². The van der Waals surface area contributed by atoms with Crippen LogP contribution in [0.15, 0.2) is 48.0 Å². The van der Waals surface area contributed by atoms with Crippen LogP contribution in [0.25, 0.3) is 6.08 Å². The molecule has 0 fully saturated rings. The van der Waals surface area contributed by atoms with E-state index in [1.165, 1.54) is 31.2 Å². The van der Waals surface area contributed by atoms with Crippen molar-refractivity contribution in [3.05, 3.63) is 66.3 Å². The van der Waals surface area contributed by atoms with Crippen molar-refractivity contribution in [3.8, 4) is 0 Å². The number of anilines is 1. The number of ketones is 1. The SMILES string of the molecule is CC(=O)/C=C(/C)O.CN1C=C2C=Cc3ccc[c-]c3N2[CH-]1.[Pt+2]. The Morgan fingerprint density at radius 3 is 2.68 bits per heavy atom. The van der Waals surface area contributed by atoms with Crippen molar-refractivity contribution in [1.82, 2.24) is 4.90 Å². The first-order chi connectivity index (χ1) is 9.97. The molecule has 4 nitrogen and oxygen atoms in total. The van der Waals surface area contributed by atoms with Gasteiger partial charge in [0.25, 0.3) is 0 Å². The minimum Gasteiger partial charge on any atom is -0.512 e. The van der Waals surface area contributed by atoms with Crippen LogP contribution in [0.4, 0.5) is 5.69 Å². The number of carbonyl (C=O) groups excluding carboxylic acids is 1. The van der Waals surface area contributed by atoms with Crippen LogP contribution in [0.1, 0.15) is 19.4 Å². The number of hydrogen-bond donors (Lipinski definition) is 1. The van der Waals surface area contributed by atoms with Gasteiger partial charge in [0.2, 0.25) is 0 Å². The molecule has 0 spiro atoms. The number of nitrogens with zero attached hydrogens (tertiary/aromatic N) is 2. The van der Waals surface area contributed by atoms with Gasteiger partial charge in [-0.2, -0.15) is 30.9 Å². The summed E-state index contributed by atoms with van der Waals surface area (Å²) in [6.07, 6.45) is 7.51. The van der Waals surface area contributed by atoms with E-state index in [9.17, 15) is 4.79 Å². The van der Waals surface area contributed by atoms with Crippen molar-refractivity contribution in [1.29, 1.82) is 0 Å². The van der Waals surface area contributed by atoms with Crippen molar-refractivity contribution in [2.24, 2.45) is 0 Å². The number of allylic oxidation sites excluding steroid dienone is 3. The van der Waals surface area contributed by atoms with Gasteiger partial charge in [-0.3, -0.25) is 4.79 Å². The fourth-order valence-electron chi connectivity index (χ4n) is 2.12. The zero-order chi connectivity index (χ0) is 15.4. The topological polar surface area (TPSA) is 43.8 Å². The Bertz CT molecular complexity index is 631. The molecule has 0 saturated heterocycles. The number of carbonyl (C=O) groups is 1. The molecular weight excluding hydrogens is 459 g/mol. The van der Waals surface area contributed by atoms with Gasteiger partial charge in [-0.25, -0.2) is 0 Å². The molecule has 1 aromatic rings. The van der Waals surface area contributed by atoms with Crippen LogP contribution in [-0.4, -0.2) is 22.8 Å². The summed E-state index contributed by atoms with van der Waals surface area (Å²) in [5.41, 5.74) is 3.55. The second kappa shape index (κ2) is 8.00. The molecule has 118 valence electrons. The fraction of sp³-hybridized carbons (Fsp3) is 0.176. The predicted molar refractivity (Wildman–Crippen MR) is 84.0 cm³/mol. The third-order valence-corrected chi connectivity index (χ3v) is 2.86. The van der Waals surface area contributed by atoms with Crippen LogP contribution in [0.2, 0.25) is 0 Å². The normalized spacial score (nSPS) is 15.0. The van der Waals surface area contributed by atoms with Crippen LogP contribution in [0.5, 0.6) is 0 Å². The molecular formula is C17H18N2O2Pt. The van der Waals surface area contributed by atoms with Crippen molar-refractivity contribution >= 4 is 17.5 Å². The molecule has 2 aliphatic heterocycles. The maximum absolute atomic E-state index is 10.0. The minimum absolute atomic E-state index is 0. The Morgan fingerprint density at radius 1 is 1.36 bits per heavy atom. The Balaban J connectivity index is 0.000000264. The number of hydrogen-bond acceptors (Lipinski definition) is 4. The van der Waals surface area contributed by atoms with E-state index in [1.54, 1.807) is 0 Å². The first kappa shape index (κ1) is 18.2. The summed E-state index contributed by atoms with van der Waals surface area (Å²) < 4.78 is 0. The molecule has 0 amide bonds. The zero-order valence-corrected chi connectivity index (χ0v) is 15.0. The van der Waals surface area contributed by atoms with Gasteiger partial charge in [0, 0.05) is 11.8 Å². The second-order valence-electron chi connectivity index (χ2n) is 4.91. The Morgan fingerprint density at radius 2 is 2.09 bits per heavy atom. The second-order valence-corrected chi connectivity index (χ2v) is 4.91. The van der Waals surface area contributed by atoms with Gasteiger partial charge in [-0.05, 0) is 27.1 Å². The van der Waals surface area contributed by atoms with Crippen LogP contribution in [0, 0.1) is 12.7 Å². The van der Waals surface area contributed by atoms with E-state index in [2.05, 4.69) is 47.0 Å². The summed E-state index contributed by atoms with van der Waals surface area (Å²) >= 11 is 0. The molecule has 0 aromatic heterocycles. The van der Waals surface area contributed by atoms with Gasteiger partial charge in [0.05, 0.1) is 5.76 Å². The number of rotatable bonds is 1. The molecule has 0 radical (unpaired) electrons. The smallest absolute Gasteiger partial charge is 0.512 e. The minimum atomic E-state index is -0.125. The molecule has 22 heavy (non-hydrogen) atoms. The van der Waals surface area contributed by atoms with Gasteiger partial charge in [0.15, 0.2) is 5.78 Å². The summed E-state index contributed by atoms with van der Waals surface area (Å²) in [6.45, 7) is 4.91. The molecule has 5 heteroatoms. The standard InChI is InChI=1S/C12H10N2.C5H8O2.Pt/c1-13-8-11-7-6-10-4-2-3-5-12(10)14(11)9-13;1-4(6)3-5(2)7;/h2-4,6-9H,1H3;3,6H,1-2H3;/q-2;;+2/b;4-3-;. The molecule has 1 aromatic carbocycles. The fourth-order valence-corrected chi connectivity index (χ4v) is 2.12. The Kier molecular flexibility index (Phi) is 6.63. The molecule has 0 bridgehead atoms. The summed E-state index contributed by atoms with van der Waals surface area (Å²) in [5, 5.41) is 8.36. The van der Waals surface area contributed by atoms with Gasteiger partial charge in [0.1, 0.15) is 0 Å². The van der Waals surface area contributed by atoms with E-state index in [-0.39, 0.29) is 32.6 Å². The van der Waals surface area contributed by atoms with Gasteiger partial charge in [-0.15, -0.1) is 11.6 Å². The Hall–Kier alpha value is -1.80. The van der Waals surface area contributed by atoms with Gasteiger partial charge < -0.3 is 14.9 Å². The summed E-state index contributed by atoms with van der Waals surface area (Å²) in [6, 6.07) is 9.32. The van der Waals surface area contributed by atoms with Crippen LogP contribution in [0.3, 0.4) is 0 Å². The van der Waals surface area contributed by atoms with Gasteiger partial charge >= 0.3 is 21.1 Å². The van der Waals surface area contributed by atoms with Crippen molar-refractivity contribution < 1.29 is 31.0 Å². The third-order valence-electron chi connectivity index (χ3n) is 2.86. The third kappa shape index (κ3) is 4.60. The van der Waals surface area contributed by atoms with Crippen molar-refractivity contribution in [2.75, 3.05) is 11.9 Å². The van der Waals surface area contributed by atoms with E-state index >= 15 is 0 Å². The quantitative estimate of drug-likeness (QED) is 0.383. The molecule has 3 rings (SSSR count). The summed E-state index contributed by atoms with van der Waals surface area (Å²) in [4.78, 5) is 14.2. The number of benzene rings is 1. The largest absolute Gasteiger partial charge is 2.00 e. The maximum atomic E-state index is 10.0. The first-order valence-corrected chi connectivity index (χ1v) is 6.62. The number of fused-ring (bicyclic) bond motifs is 3. The maximum Gasteiger partial charge on any atom is 2.00 e. The van der Waals surface area contributed by atoms with E-state index in [0.29, 0.717) is 0 Å². The van der Waals surface area contributed by atoms with E-state index in [0.717, 1.165) is 5.69 Å². The molecule has 2 aliphatic rings. The van der Waals surface area contributed by atoms with Crippen LogP contribution >= 0.6 is 0 Å². The molecule has 1 N–H and O–H groups in total. The molecule has 0 unspecified atom stereocenters. The molecule has 0 saturated carbocycles. The number of aliphatic hydroxyl groups is 1. The predicted octanol–water partition coefficient (Wildman–Crippen LogP) is 3.26. The van der Waals surface area contributed by atoms with Gasteiger partial charge in [-0.1, -0.05) is 11.8 Å². The van der Waals surface area contributed by atoms with Crippen molar-refractivity contribution in [2.45, 2.75) is 13.8 Å². The number of aliphatic hydroxyl groups excluding tert-OH is 1. The average Bonchev–Trinajstić information content (AvgIpc) is 2.78. The monoisotopic (exact) mass is 477 g/mol. The molecule has 0 atom stereocenters. The summed E-state index contributed by atoms with van der Waals surface area (Å²) in [7, 11) is 2.03. The van der Waals surface area contributed by atoms with E-state index in [1.807, 2.05) is 19.2 Å². The van der Waals surface area contributed by atoms with Crippen LogP contribution in [-0.2, 0) is 25.9 Å². The molecule has 0 aliphatic carbocycles. The molecule has 2 heterocycles. The zero-order valence-electron chi connectivity index (χ0n) is 12.7. The average molecular weight is 477 g/mol. The van der Waals surface area contributed by atoms with E-state index in [4.69, 9.17) is 5.11 Å². The first-order valence-electron chi connectivity index (χ1n) is 6.62. The van der Waals surface area contributed by atoms with Crippen molar-refractivity contribution in [3.63, 3.8) is 0 Å².